The molecule has 0 saturated carbocycles. The van der Waals surface area contributed by atoms with Gasteiger partial charge < -0.3 is 15.3 Å². The first-order chi connectivity index (χ1) is 7.66. The first-order valence-electron chi connectivity index (χ1n) is 4.76. The highest BCUT2D eigenvalue weighted by Gasteiger charge is 2.08. The number of nitrogens with zero attached hydrogens (tertiary/aromatic N) is 3. The quantitative estimate of drug-likeness (QED) is 0.567. The molecular formula is C10H9N5O. The van der Waals surface area contributed by atoms with Gasteiger partial charge in [0.25, 0.3) is 0 Å². The summed E-state index contributed by atoms with van der Waals surface area (Å²) in [5.74, 6) is 0.228. The minimum absolute atomic E-state index is 0.228. The molecule has 6 nitrogen and oxygen atoms in total. The number of aromatic nitrogens is 4. The number of nitrogens with one attached hydrogen (secondary N) is 1. The van der Waals surface area contributed by atoms with Gasteiger partial charge in [0, 0.05) is 12.4 Å². The summed E-state index contributed by atoms with van der Waals surface area (Å²) in [5.41, 5.74) is 7.54. The molecule has 6 heteroatoms. The highest BCUT2D eigenvalue weighted by Crippen LogP contribution is 2.23. The molecule has 2 heterocycles. The fourth-order valence-electron chi connectivity index (χ4n) is 1.85. The summed E-state index contributed by atoms with van der Waals surface area (Å²) >= 11 is 0. The monoisotopic (exact) mass is 215 g/mol. The molecule has 0 radical (unpaired) electrons. The van der Waals surface area contributed by atoms with Crippen LogP contribution >= 0.6 is 0 Å². The van der Waals surface area contributed by atoms with Crippen LogP contribution in [-0.4, -0.2) is 19.5 Å². The molecule has 3 rings (SSSR count). The van der Waals surface area contributed by atoms with E-state index in [0.717, 1.165) is 11.0 Å². The molecular weight excluding hydrogens is 206 g/mol. The lowest BCUT2D eigenvalue weighted by Crippen LogP contribution is -2.12. The fraction of sp³-hybridized carbons (Fsp3) is 0.100. The average molecular weight is 215 g/mol. The van der Waals surface area contributed by atoms with Crippen molar-refractivity contribution in [3.05, 3.63) is 28.9 Å². The smallest absolute Gasteiger partial charge is 0.347 e. The van der Waals surface area contributed by atoms with Gasteiger partial charge in [0.05, 0.1) is 17.4 Å². The summed E-state index contributed by atoms with van der Waals surface area (Å²) in [6.07, 6.45) is 1.69. The van der Waals surface area contributed by atoms with Gasteiger partial charge in [0.15, 0.2) is 0 Å². The Morgan fingerprint density at radius 1 is 1.44 bits per heavy atom. The van der Waals surface area contributed by atoms with Gasteiger partial charge in [0.1, 0.15) is 11.3 Å². The lowest BCUT2D eigenvalue weighted by molar-refractivity contribution is 0.948. The minimum atomic E-state index is -0.455. The Morgan fingerprint density at radius 3 is 3.06 bits per heavy atom. The van der Waals surface area contributed by atoms with E-state index in [0.29, 0.717) is 10.9 Å². The second-order valence-electron chi connectivity index (χ2n) is 3.64. The van der Waals surface area contributed by atoms with E-state index < -0.39 is 5.69 Å². The van der Waals surface area contributed by atoms with Gasteiger partial charge in [-0.2, -0.15) is 4.98 Å². The fourth-order valence-corrected chi connectivity index (χ4v) is 1.85. The van der Waals surface area contributed by atoms with Gasteiger partial charge in [-0.15, -0.1) is 0 Å². The van der Waals surface area contributed by atoms with E-state index in [1.807, 2.05) is 23.7 Å². The molecule has 80 valence electrons. The Hall–Kier alpha value is -2.37. The van der Waals surface area contributed by atoms with Crippen molar-refractivity contribution in [3.63, 3.8) is 0 Å². The van der Waals surface area contributed by atoms with E-state index >= 15 is 0 Å². The predicted molar refractivity (Wildman–Crippen MR) is 61.0 cm³/mol. The van der Waals surface area contributed by atoms with Gasteiger partial charge in [0.2, 0.25) is 0 Å². The number of hydrogen-bond acceptors (Lipinski definition) is 4. The van der Waals surface area contributed by atoms with Crippen LogP contribution in [0.15, 0.2) is 23.3 Å². The van der Waals surface area contributed by atoms with Crippen LogP contribution < -0.4 is 11.4 Å². The third-order valence-corrected chi connectivity index (χ3v) is 2.63. The lowest BCUT2D eigenvalue weighted by Gasteiger charge is -2.01. The molecule has 0 aliphatic rings. The number of imidazole rings is 1. The first kappa shape index (κ1) is 8.90. The molecule has 3 N–H and O–H groups in total. The van der Waals surface area contributed by atoms with Crippen molar-refractivity contribution in [2.45, 2.75) is 0 Å². The number of aromatic amines is 1. The molecule has 0 unspecified atom stereocenters. The number of nitrogen functional groups attached to an aromatic ring is 1. The van der Waals surface area contributed by atoms with Crippen molar-refractivity contribution < 1.29 is 0 Å². The number of benzene rings is 1. The average Bonchev–Trinajstić information content (AvgIpc) is 2.60. The van der Waals surface area contributed by atoms with E-state index in [2.05, 4.69) is 15.0 Å². The zero-order chi connectivity index (χ0) is 11.3. The van der Waals surface area contributed by atoms with Crippen LogP contribution in [0.2, 0.25) is 0 Å². The van der Waals surface area contributed by atoms with Crippen molar-refractivity contribution in [2.24, 2.45) is 7.05 Å². The van der Waals surface area contributed by atoms with Gasteiger partial charge in [-0.25, -0.2) is 9.78 Å². The molecule has 0 aliphatic heterocycles. The molecule has 0 spiro atoms. The topological polar surface area (TPSA) is 89.6 Å². The van der Waals surface area contributed by atoms with Crippen LogP contribution in [0.25, 0.3) is 21.9 Å². The maximum atomic E-state index is 11.3. The van der Waals surface area contributed by atoms with Gasteiger partial charge in [-0.05, 0) is 12.1 Å². The predicted octanol–water partition coefficient (Wildman–Crippen LogP) is 0.392. The van der Waals surface area contributed by atoms with Crippen LogP contribution in [0.3, 0.4) is 0 Å². The number of anilines is 1. The zero-order valence-corrected chi connectivity index (χ0v) is 8.56. The third kappa shape index (κ3) is 1.04. The van der Waals surface area contributed by atoms with Gasteiger partial charge in [-0.1, -0.05) is 0 Å². The molecule has 0 fully saturated rings. The largest absolute Gasteiger partial charge is 0.383 e. The summed E-state index contributed by atoms with van der Waals surface area (Å²) in [7, 11) is 1.89. The zero-order valence-electron chi connectivity index (χ0n) is 8.56. The summed E-state index contributed by atoms with van der Waals surface area (Å²) in [4.78, 5) is 21.8. The summed E-state index contributed by atoms with van der Waals surface area (Å²) in [6, 6.07) is 3.73. The van der Waals surface area contributed by atoms with Crippen molar-refractivity contribution in [1.29, 1.82) is 0 Å². The second kappa shape index (κ2) is 2.82. The Kier molecular flexibility index (Phi) is 1.57. The molecule has 1 aromatic carbocycles. The Labute approximate surface area is 89.7 Å². The number of H-pyrrole nitrogens is 1. The Morgan fingerprint density at radius 2 is 2.25 bits per heavy atom. The van der Waals surface area contributed by atoms with Crippen molar-refractivity contribution in [1.82, 2.24) is 19.5 Å². The maximum absolute atomic E-state index is 11.3. The van der Waals surface area contributed by atoms with E-state index in [1.54, 1.807) is 6.33 Å². The molecule has 0 amide bonds. The Bertz CT molecular complexity index is 755. The molecule has 0 saturated heterocycles. The number of aryl methyl sites for hydroxylation is 1. The molecule has 0 bridgehead atoms. The normalized spacial score (nSPS) is 11.3. The number of rotatable bonds is 0. The Balaban J connectivity index is 2.65. The van der Waals surface area contributed by atoms with E-state index in [9.17, 15) is 4.79 Å². The number of fused-ring (bicyclic) bond motifs is 3. The van der Waals surface area contributed by atoms with Gasteiger partial charge >= 0.3 is 5.69 Å². The standard InChI is InChI=1S/C10H9N5O/c1-15-4-12-8-6(15)3-2-5-7(8)13-10(16)14-9(5)11/h2-4H,1H3,(H3,11,13,14,16). The van der Waals surface area contributed by atoms with Crippen LogP contribution in [0.5, 0.6) is 0 Å². The molecule has 0 atom stereocenters. The SMILES string of the molecule is Cn1cnc2c3[nH]c(=O)nc(N)c3ccc21. The highest BCUT2D eigenvalue weighted by atomic mass is 16.1. The second-order valence-corrected chi connectivity index (χ2v) is 3.64. The molecule has 3 aromatic rings. The maximum Gasteiger partial charge on any atom is 0.347 e. The third-order valence-electron chi connectivity index (χ3n) is 2.63. The van der Waals surface area contributed by atoms with Crippen molar-refractivity contribution in [2.75, 3.05) is 5.73 Å². The molecule has 2 aromatic heterocycles. The number of hydrogen-bond donors (Lipinski definition) is 2. The van der Waals surface area contributed by atoms with Crippen LogP contribution in [0.4, 0.5) is 5.82 Å². The highest BCUT2D eigenvalue weighted by molar-refractivity contribution is 6.04. The van der Waals surface area contributed by atoms with E-state index in [1.165, 1.54) is 0 Å². The van der Waals surface area contributed by atoms with Gasteiger partial charge in [-0.3, -0.25) is 0 Å². The number of nitrogens with two attached hydrogens (primary N) is 1. The lowest BCUT2D eigenvalue weighted by atomic mass is 10.2. The summed E-state index contributed by atoms with van der Waals surface area (Å²) < 4.78 is 1.88. The molecule has 16 heavy (non-hydrogen) atoms. The minimum Gasteiger partial charge on any atom is -0.383 e. The van der Waals surface area contributed by atoms with Crippen molar-refractivity contribution in [3.8, 4) is 0 Å². The van der Waals surface area contributed by atoms with Crippen molar-refractivity contribution >= 4 is 27.8 Å². The summed E-state index contributed by atoms with van der Waals surface area (Å²) in [5, 5.41) is 0.714. The first-order valence-corrected chi connectivity index (χ1v) is 4.76. The van der Waals surface area contributed by atoms with Crippen LogP contribution in [-0.2, 0) is 7.05 Å². The van der Waals surface area contributed by atoms with E-state index in [-0.39, 0.29) is 5.82 Å². The van der Waals surface area contributed by atoms with Crippen LogP contribution in [0, 0.1) is 0 Å². The van der Waals surface area contributed by atoms with Crippen LogP contribution in [0.1, 0.15) is 0 Å². The summed E-state index contributed by atoms with van der Waals surface area (Å²) in [6.45, 7) is 0. The van der Waals surface area contributed by atoms with E-state index in [4.69, 9.17) is 5.73 Å². The molecule has 0 aliphatic carbocycles.